The SMILES string of the molecule is C/C=C1/N=CSC1=NC(C)C/C=C\C(C#N)=C/CC. The Morgan fingerprint density at radius 3 is 3.05 bits per heavy atom. The van der Waals surface area contributed by atoms with E-state index < -0.39 is 0 Å². The Morgan fingerprint density at radius 1 is 1.63 bits per heavy atom. The zero-order valence-electron chi connectivity index (χ0n) is 11.6. The summed E-state index contributed by atoms with van der Waals surface area (Å²) in [5.41, 5.74) is 3.48. The van der Waals surface area contributed by atoms with Crippen molar-refractivity contribution in [1.82, 2.24) is 0 Å². The Morgan fingerprint density at radius 2 is 2.42 bits per heavy atom. The smallest absolute Gasteiger partial charge is 0.122 e. The number of allylic oxidation sites excluding steroid dienone is 4. The molecule has 0 spiro atoms. The predicted octanol–water partition coefficient (Wildman–Crippen LogP) is 4.26. The van der Waals surface area contributed by atoms with Crippen LogP contribution in [0, 0.1) is 11.3 Å². The number of thioether (sulfide) groups is 1. The minimum atomic E-state index is 0.192. The summed E-state index contributed by atoms with van der Waals surface area (Å²) >= 11 is 1.56. The Hall–Kier alpha value is -1.60. The van der Waals surface area contributed by atoms with Gasteiger partial charge in [0.05, 0.1) is 23.4 Å². The van der Waals surface area contributed by atoms with Gasteiger partial charge >= 0.3 is 0 Å². The molecule has 0 aromatic rings. The summed E-state index contributed by atoms with van der Waals surface area (Å²) in [6.07, 6.45) is 9.47. The molecule has 1 aliphatic rings. The van der Waals surface area contributed by atoms with Gasteiger partial charge in [0.15, 0.2) is 0 Å². The molecule has 1 atom stereocenters. The summed E-state index contributed by atoms with van der Waals surface area (Å²) in [7, 11) is 0. The fourth-order valence-electron chi connectivity index (χ4n) is 1.56. The molecule has 0 bridgehead atoms. The molecule has 1 rings (SSSR count). The maximum Gasteiger partial charge on any atom is 0.122 e. The Bertz CT molecular complexity index is 490. The fourth-order valence-corrected chi connectivity index (χ4v) is 2.36. The van der Waals surface area contributed by atoms with Crippen molar-refractivity contribution in [2.75, 3.05) is 0 Å². The predicted molar refractivity (Wildman–Crippen MR) is 84.5 cm³/mol. The summed E-state index contributed by atoms with van der Waals surface area (Å²) in [6.45, 7) is 6.06. The zero-order chi connectivity index (χ0) is 14.1. The quantitative estimate of drug-likeness (QED) is 0.555. The molecule has 0 aliphatic carbocycles. The third-order valence-electron chi connectivity index (χ3n) is 2.51. The van der Waals surface area contributed by atoms with Crippen LogP contribution in [0.5, 0.6) is 0 Å². The molecular weight excluding hydrogens is 254 g/mol. The van der Waals surface area contributed by atoms with Crippen LogP contribution in [0.4, 0.5) is 0 Å². The van der Waals surface area contributed by atoms with Gasteiger partial charge in [0, 0.05) is 5.57 Å². The van der Waals surface area contributed by atoms with Crippen molar-refractivity contribution < 1.29 is 0 Å². The van der Waals surface area contributed by atoms with Crippen LogP contribution in [0.3, 0.4) is 0 Å². The highest BCUT2D eigenvalue weighted by molar-refractivity contribution is 8.26. The van der Waals surface area contributed by atoms with Gasteiger partial charge < -0.3 is 0 Å². The fraction of sp³-hybridized carbons (Fsp3) is 0.400. The van der Waals surface area contributed by atoms with Crippen LogP contribution in [0.2, 0.25) is 0 Å². The molecule has 0 saturated carbocycles. The zero-order valence-corrected chi connectivity index (χ0v) is 12.4. The lowest BCUT2D eigenvalue weighted by atomic mass is 10.2. The Kier molecular flexibility index (Phi) is 6.91. The van der Waals surface area contributed by atoms with Gasteiger partial charge in [0.1, 0.15) is 5.04 Å². The van der Waals surface area contributed by atoms with Gasteiger partial charge in [0.25, 0.3) is 0 Å². The van der Waals surface area contributed by atoms with Crippen molar-refractivity contribution in [2.24, 2.45) is 9.98 Å². The molecule has 3 nitrogen and oxygen atoms in total. The first-order valence-corrected chi connectivity index (χ1v) is 7.29. The van der Waals surface area contributed by atoms with Crippen LogP contribution in [0.25, 0.3) is 0 Å². The van der Waals surface area contributed by atoms with Crippen molar-refractivity contribution in [3.05, 3.63) is 35.6 Å². The summed E-state index contributed by atoms with van der Waals surface area (Å²) in [5.74, 6) is 0. The van der Waals surface area contributed by atoms with Gasteiger partial charge in [-0.2, -0.15) is 5.26 Å². The van der Waals surface area contributed by atoms with E-state index in [-0.39, 0.29) is 6.04 Å². The minimum absolute atomic E-state index is 0.192. The van der Waals surface area contributed by atoms with E-state index >= 15 is 0 Å². The van der Waals surface area contributed by atoms with Gasteiger partial charge in [0.2, 0.25) is 0 Å². The average molecular weight is 273 g/mol. The number of nitrogens with zero attached hydrogens (tertiary/aromatic N) is 3. The molecule has 0 aromatic carbocycles. The first-order chi connectivity index (χ1) is 9.21. The van der Waals surface area contributed by atoms with E-state index in [9.17, 15) is 0 Å². The molecule has 100 valence electrons. The van der Waals surface area contributed by atoms with Gasteiger partial charge in [-0.25, -0.2) is 4.99 Å². The number of hydrogen-bond acceptors (Lipinski definition) is 4. The van der Waals surface area contributed by atoms with Gasteiger partial charge in [-0.3, -0.25) is 4.99 Å². The molecule has 1 aliphatic heterocycles. The van der Waals surface area contributed by atoms with Crippen molar-refractivity contribution in [2.45, 2.75) is 39.7 Å². The molecule has 0 amide bonds. The lowest BCUT2D eigenvalue weighted by Crippen LogP contribution is -2.01. The van der Waals surface area contributed by atoms with E-state index in [2.05, 4.69) is 23.0 Å². The average Bonchev–Trinajstić information content (AvgIpc) is 2.84. The third kappa shape index (κ3) is 5.27. The lowest BCUT2D eigenvalue weighted by Gasteiger charge is -2.04. The van der Waals surface area contributed by atoms with Gasteiger partial charge in [-0.05, 0) is 32.8 Å². The van der Waals surface area contributed by atoms with E-state index in [1.54, 1.807) is 11.8 Å². The molecule has 1 unspecified atom stereocenters. The van der Waals surface area contributed by atoms with E-state index in [1.165, 1.54) is 0 Å². The summed E-state index contributed by atoms with van der Waals surface area (Å²) < 4.78 is 0. The first-order valence-electron chi connectivity index (χ1n) is 6.41. The molecular formula is C15H19N3S. The van der Waals surface area contributed by atoms with Crippen LogP contribution in [-0.2, 0) is 0 Å². The third-order valence-corrected chi connectivity index (χ3v) is 3.26. The summed E-state index contributed by atoms with van der Waals surface area (Å²) in [6, 6.07) is 2.36. The standard InChI is InChI=1S/C15H19N3S/c1-4-7-13(10-16)9-6-8-12(3)18-15-14(5-2)17-11-19-15/h5-7,9,11-12H,4,8H2,1-3H3/b9-6-,13-7+,14-5+,18-15?. The van der Waals surface area contributed by atoms with Gasteiger partial charge in [-0.15, -0.1) is 0 Å². The number of nitriles is 1. The molecule has 4 heteroatoms. The number of aliphatic imine (C=N–C) groups is 2. The maximum atomic E-state index is 8.89. The molecule has 0 aromatic heterocycles. The second-order valence-electron chi connectivity index (χ2n) is 4.13. The molecule has 0 fully saturated rings. The van der Waals surface area contributed by atoms with E-state index in [4.69, 9.17) is 5.26 Å². The van der Waals surface area contributed by atoms with Crippen LogP contribution in [0.15, 0.2) is 45.6 Å². The molecule has 19 heavy (non-hydrogen) atoms. The topological polar surface area (TPSA) is 48.5 Å². The van der Waals surface area contributed by atoms with Crippen molar-refractivity contribution in [3.8, 4) is 6.07 Å². The van der Waals surface area contributed by atoms with E-state index in [0.29, 0.717) is 0 Å². The molecule has 1 heterocycles. The van der Waals surface area contributed by atoms with Crippen molar-refractivity contribution >= 4 is 22.4 Å². The first kappa shape index (κ1) is 15.5. The molecule has 0 saturated heterocycles. The van der Waals surface area contributed by atoms with E-state index in [1.807, 2.05) is 43.7 Å². The summed E-state index contributed by atoms with van der Waals surface area (Å²) in [5, 5.41) is 9.87. The molecule has 0 N–H and O–H groups in total. The lowest BCUT2D eigenvalue weighted by molar-refractivity contribution is 0.762. The largest absolute Gasteiger partial charge is 0.272 e. The Balaban J connectivity index is 2.55. The second kappa shape index (κ2) is 8.49. The number of rotatable bonds is 5. The highest BCUT2D eigenvalue weighted by atomic mass is 32.2. The minimum Gasteiger partial charge on any atom is -0.272 e. The van der Waals surface area contributed by atoms with Crippen molar-refractivity contribution in [1.29, 1.82) is 5.26 Å². The Labute approximate surface area is 119 Å². The van der Waals surface area contributed by atoms with Gasteiger partial charge in [-0.1, -0.05) is 36.9 Å². The second-order valence-corrected chi connectivity index (χ2v) is 4.96. The van der Waals surface area contributed by atoms with Crippen LogP contribution < -0.4 is 0 Å². The van der Waals surface area contributed by atoms with Crippen LogP contribution >= 0.6 is 11.8 Å². The molecule has 0 radical (unpaired) electrons. The highest BCUT2D eigenvalue weighted by Crippen LogP contribution is 2.20. The van der Waals surface area contributed by atoms with Crippen LogP contribution in [-0.4, -0.2) is 16.6 Å². The maximum absolute atomic E-state index is 8.89. The monoisotopic (exact) mass is 273 g/mol. The van der Waals surface area contributed by atoms with E-state index in [0.717, 1.165) is 29.2 Å². The summed E-state index contributed by atoms with van der Waals surface area (Å²) in [4.78, 5) is 8.86. The highest BCUT2D eigenvalue weighted by Gasteiger charge is 2.11. The normalized spacial score (nSPS) is 21.5. The number of hydrogen-bond donors (Lipinski definition) is 0. The van der Waals surface area contributed by atoms with Crippen molar-refractivity contribution in [3.63, 3.8) is 0 Å². The van der Waals surface area contributed by atoms with Crippen LogP contribution in [0.1, 0.15) is 33.6 Å².